The fourth-order valence-electron chi connectivity index (χ4n) is 1.15. The molecule has 0 aliphatic carbocycles. The van der Waals surface area contributed by atoms with Gasteiger partial charge in [-0.25, -0.2) is 0 Å². The Bertz CT molecular complexity index is 323. The summed E-state index contributed by atoms with van der Waals surface area (Å²) in [6.07, 6.45) is 5.32. The second kappa shape index (κ2) is 4.54. The highest BCUT2D eigenvalue weighted by Gasteiger charge is 2.05. The zero-order chi connectivity index (χ0) is 9.68. The van der Waals surface area contributed by atoms with Gasteiger partial charge in [0.1, 0.15) is 5.75 Å². The maximum atomic E-state index is 8.99. The van der Waals surface area contributed by atoms with Gasteiger partial charge in [-0.1, -0.05) is 18.1 Å². The zero-order valence-electron chi connectivity index (χ0n) is 7.58. The van der Waals surface area contributed by atoms with Crippen LogP contribution in [0, 0.1) is 12.3 Å². The molecule has 0 heterocycles. The lowest BCUT2D eigenvalue weighted by Crippen LogP contribution is -1.97. The van der Waals surface area contributed by atoms with Crippen LogP contribution in [0.15, 0.2) is 18.2 Å². The van der Waals surface area contributed by atoms with Crippen molar-refractivity contribution in [3.8, 4) is 18.1 Å². The number of benzene rings is 1. The summed E-state index contributed by atoms with van der Waals surface area (Å²) >= 11 is 0. The van der Waals surface area contributed by atoms with Gasteiger partial charge in [-0.15, -0.1) is 6.42 Å². The highest BCUT2D eigenvalue weighted by molar-refractivity contribution is 5.50. The van der Waals surface area contributed by atoms with Crippen molar-refractivity contribution in [1.82, 2.24) is 0 Å². The Kier molecular flexibility index (Phi) is 3.36. The summed E-state index contributed by atoms with van der Waals surface area (Å²) in [6.45, 7) is 2.41. The van der Waals surface area contributed by atoms with Gasteiger partial charge in [-0.3, -0.25) is 0 Å². The Labute approximate surface area is 78.2 Å². The van der Waals surface area contributed by atoms with E-state index in [0.29, 0.717) is 17.9 Å². The summed E-state index contributed by atoms with van der Waals surface area (Å²) in [5.74, 6) is 3.18. The second-order valence-corrected chi connectivity index (χ2v) is 2.53. The van der Waals surface area contributed by atoms with Crippen LogP contribution in [-0.2, 0) is 6.61 Å². The lowest BCUT2D eigenvalue weighted by molar-refractivity contribution is 0.279. The molecule has 0 saturated heterocycles. The maximum Gasteiger partial charge on any atom is 0.135 e. The van der Waals surface area contributed by atoms with Gasteiger partial charge < -0.3 is 9.84 Å². The summed E-state index contributed by atoms with van der Waals surface area (Å²) < 4.78 is 5.32. The molecule has 0 aliphatic rings. The van der Waals surface area contributed by atoms with E-state index in [1.807, 2.05) is 13.0 Å². The fourth-order valence-corrected chi connectivity index (χ4v) is 1.15. The van der Waals surface area contributed by atoms with Crippen molar-refractivity contribution in [2.24, 2.45) is 0 Å². The molecule has 0 fully saturated rings. The predicted molar refractivity (Wildman–Crippen MR) is 51.5 cm³/mol. The third kappa shape index (κ3) is 2.01. The third-order valence-electron chi connectivity index (χ3n) is 1.73. The van der Waals surface area contributed by atoms with E-state index in [0.717, 1.165) is 5.56 Å². The molecule has 1 N–H and O–H groups in total. The van der Waals surface area contributed by atoms with Gasteiger partial charge in [0.2, 0.25) is 0 Å². The minimum absolute atomic E-state index is 0.0551. The molecule has 68 valence electrons. The number of ether oxygens (including phenoxy) is 1. The largest absolute Gasteiger partial charge is 0.493 e. The standard InChI is InChI=1S/C11H12O2/c1-3-10-9(8-12)6-5-7-11(10)13-4-2/h1,5-7,12H,4,8H2,2H3. The predicted octanol–water partition coefficient (Wildman–Crippen LogP) is 1.56. The Morgan fingerprint density at radius 2 is 2.31 bits per heavy atom. The number of aliphatic hydroxyl groups is 1. The van der Waals surface area contributed by atoms with Crippen molar-refractivity contribution in [1.29, 1.82) is 0 Å². The number of terminal acetylenes is 1. The summed E-state index contributed by atoms with van der Waals surface area (Å²) in [5, 5.41) is 8.99. The smallest absolute Gasteiger partial charge is 0.135 e. The average molecular weight is 176 g/mol. The van der Waals surface area contributed by atoms with E-state index >= 15 is 0 Å². The molecule has 0 saturated carbocycles. The lowest BCUT2D eigenvalue weighted by atomic mass is 10.1. The number of hydrogen-bond donors (Lipinski definition) is 1. The lowest BCUT2D eigenvalue weighted by Gasteiger charge is -2.08. The van der Waals surface area contributed by atoms with Crippen LogP contribution in [0.4, 0.5) is 0 Å². The number of aliphatic hydroxyl groups excluding tert-OH is 1. The molecule has 0 aliphatic heterocycles. The molecule has 1 aromatic rings. The molecule has 2 nitrogen and oxygen atoms in total. The zero-order valence-corrected chi connectivity index (χ0v) is 7.58. The highest BCUT2D eigenvalue weighted by atomic mass is 16.5. The summed E-state index contributed by atoms with van der Waals surface area (Å²) in [7, 11) is 0. The third-order valence-corrected chi connectivity index (χ3v) is 1.73. The van der Waals surface area contributed by atoms with Crippen LogP contribution in [0.25, 0.3) is 0 Å². The second-order valence-electron chi connectivity index (χ2n) is 2.53. The minimum atomic E-state index is -0.0551. The Hall–Kier alpha value is -1.46. The van der Waals surface area contributed by atoms with E-state index in [1.165, 1.54) is 0 Å². The number of rotatable bonds is 3. The van der Waals surface area contributed by atoms with Crippen LogP contribution in [0.5, 0.6) is 5.75 Å². The van der Waals surface area contributed by atoms with E-state index in [-0.39, 0.29) is 6.61 Å². The molecule has 2 heteroatoms. The van der Waals surface area contributed by atoms with Gasteiger partial charge >= 0.3 is 0 Å². The van der Waals surface area contributed by atoms with Crippen LogP contribution in [-0.4, -0.2) is 11.7 Å². The summed E-state index contributed by atoms with van der Waals surface area (Å²) in [4.78, 5) is 0. The molecule has 0 atom stereocenters. The molecule has 13 heavy (non-hydrogen) atoms. The van der Waals surface area contributed by atoms with E-state index in [1.54, 1.807) is 12.1 Å². The van der Waals surface area contributed by atoms with Crippen molar-refractivity contribution in [2.75, 3.05) is 6.61 Å². The molecule has 0 unspecified atom stereocenters. The molecule has 1 aromatic carbocycles. The topological polar surface area (TPSA) is 29.5 Å². The molecule has 0 bridgehead atoms. The van der Waals surface area contributed by atoms with E-state index < -0.39 is 0 Å². The molecular weight excluding hydrogens is 164 g/mol. The molecule has 1 rings (SSSR count). The fraction of sp³-hybridized carbons (Fsp3) is 0.273. The first kappa shape index (κ1) is 9.63. The summed E-state index contributed by atoms with van der Waals surface area (Å²) in [6, 6.07) is 5.41. The van der Waals surface area contributed by atoms with Crippen molar-refractivity contribution in [3.05, 3.63) is 29.3 Å². The van der Waals surface area contributed by atoms with E-state index in [2.05, 4.69) is 5.92 Å². The Balaban J connectivity index is 3.13. The van der Waals surface area contributed by atoms with Crippen molar-refractivity contribution >= 4 is 0 Å². The molecule has 0 spiro atoms. The van der Waals surface area contributed by atoms with Crippen LogP contribution in [0.3, 0.4) is 0 Å². The first-order valence-electron chi connectivity index (χ1n) is 4.15. The van der Waals surface area contributed by atoms with Gasteiger partial charge in [0.05, 0.1) is 18.8 Å². The minimum Gasteiger partial charge on any atom is -0.493 e. The van der Waals surface area contributed by atoms with Gasteiger partial charge in [0, 0.05) is 0 Å². The van der Waals surface area contributed by atoms with Gasteiger partial charge in [0.15, 0.2) is 0 Å². The van der Waals surface area contributed by atoms with Gasteiger partial charge in [-0.2, -0.15) is 0 Å². The Morgan fingerprint density at radius 3 is 2.85 bits per heavy atom. The molecular formula is C11H12O2. The first-order valence-corrected chi connectivity index (χ1v) is 4.15. The van der Waals surface area contributed by atoms with Crippen molar-refractivity contribution < 1.29 is 9.84 Å². The van der Waals surface area contributed by atoms with Crippen LogP contribution < -0.4 is 4.74 Å². The molecule has 0 amide bonds. The highest BCUT2D eigenvalue weighted by Crippen LogP contribution is 2.21. The van der Waals surface area contributed by atoms with Crippen molar-refractivity contribution in [3.63, 3.8) is 0 Å². The quantitative estimate of drug-likeness (QED) is 0.708. The van der Waals surface area contributed by atoms with Crippen LogP contribution in [0.2, 0.25) is 0 Å². The monoisotopic (exact) mass is 176 g/mol. The SMILES string of the molecule is C#Cc1c(CO)cccc1OCC. The van der Waals surface area contributed by atoms with Crippen molar-refractivity contribution in [2.45, 2.75) is 13.5 Å². The van der Waals surface area contributed by atoms with Crippen LogP contribution in [0.1, 0.15) is 18.1 Å². The van der Waals surface area contributed by atoms with E-state index in [4.69, 9.17) is 16.3 Å². The normalized spacial score (nSPS) is 9.31. The summed E-state index contributed by atoms with van der Waals surface area (Å²) in [5.41, 5.74) is 1.38. The Morgan fingerprint density at radius 1 is 1.54 bits per heavy atom. The average Bonchev–Trinajstić information content (AvgIpc) is 2.18. The van der Waals surface area contributed by atoms with E-state index in [9.17, 15) is 0 Å². The van der Waals surface area contributed by atoms with Gasteiger partial charge in [0.25, 0.3) is 0 Å². The molecule has 0 aromatic heterocycles. The van der Waals surface area contributed by atoms with Gasteiger partial charge in [-0.05, 0) is 18.6 Å². The van der Waals surface area contributed by atoms with Crippen LogP contribution >= 0.6 is 0 Å². The number of hydrogen-bond acceptors (Lipinski definition) is 2. The first-order chi connectivity index (χ1) is 6.33. The molecule has 0 radical (unpaired) electrons. The maximum absolute atomic E-state index is 8.99.